The molecule has 144 valence electrons. The number of fused-ring (bicyclic) bond motifs is 3. The van der Waals surface area contributed by atoms with E-state index in [9.17, 15) is 18.8 Å². The summed E-state index contributed by atoms with van der Waals surface area (Å²) in [6.45, 7) is 2.27. The van der Waals surface area contributed by atoms with Gasteiger partial charge in [0, 0.05) is 12.1 Å². The first-order valence-corrected chi connectivity index (χ1v) is 9.16. The molecule has 1 amide bonds. The van der Waals surface area contributed by atoms with Crippen molar-refractivity contribution in [1.29, 1.82) is 0 Å². The summed E-state index contributed by atoms with van der Waals surface area (Å²) in [7, 11) is 0. The summed E-state index contributed by atoms with van der Waals surface area (Å²) in [5.74, 6) is -1.60. The highest BCUT2D eigenvalue weighted by atomic mass is 19.1. The number of nitrogens with one attached hydrogen (secondary N) is 1. The van der Waals surface area contributed by atoms with Crippen LogP contribution in [0.2, 0.25) is 0 Å². The van der Waals surface area contributed by atoms with E-state index in [-0.39, 0.29) is 23.1 Å². The van der Waals surface area contributed by atoms with Gasteiger partial charge in [-0.3, -0.25) is 9.59 Å². The maximum Gasteiger partial charge on any atom is 0.338 e. The van der Waals surface area contributed by atoms with Crippen LogP contribution in [0, 0.1) is 5.82 Å². The molecule has 0 bridgehead atoms. The quantitative estimate of drug-likeness (QED) is 0.649. The van der Waals surface area contributed by atoms with Gasteiger partial charge in [0.1, 0.15) is 11.9 Å². The molecule has 1 fully saturated rings. The number of benzene rings is 2. The summed E-state index contributed by atoms with van der Waals surface area (Å²) >= 11 is 0. The molecule has 6 nitrogen and oxygen atoms in total. The minimum absolute atomic E-state index is 0.0737. The lowest BCUT2D eigenvalue weighted by molar-refractivity contribution is -0.117. The number of anilines is 2. The van der Waals surface area contributed by atoms with Crippen LogP contribution < -0.4 is 10.2 Å². The first kappa shape index (κ1) is 18.2. The maximum atomic E-state index is 13.0. The third-order valence-corrected chi connectivity index (χ3v) is 5.14. The number of ketones is 1. The van der Waals surface area contributed by atoms with Gasteiger partial charge >= 0.3 is 5.97 Å². The molecule has 2 atom stereocenters. The summed E-state index contributed by atoms with van der Waals surface area (Å²) in [6, 6.07) is 9.89. The van der Waals surface area contributed by atoms with Gasteiger partial charge in [-0.25, -0.2) is 9.18 Å². The summed E-state index contributed by atoms with van der Waals surface area (Å²) in [5.41, 5.74) is 1.96. The molecule has 2 aromatic rings. The van der Waals surface area contributed by atoms with Crippen molar-refractivity contribution in [2.24, 2.45) is 0 Å². The highest BCUT2D eigenvalue weighted by Gasteiger charge is 2.36. The van der Waals surface area contributed by atoms with Crippen LogP contribution in [0.4, 0.5) is 15.8 Å². The lowest BCUT2D eigenvalue weighted by Gasteiger charge is -2.33. The third-order valence-electron chi connectivity index (χ3n) is 5.14. The Morgan fingerprint density at radius 3 is 2.64 bits per heavy atom. The zero-order valence-electron chi connectivity index (χ0n) is 15.3. The van der Waals surface area contributed by atoms with Crippen molar-refractivity contribution in [2.45, 2.75) is 31.9 Å². The number of carbonyl (C=O) groups excluding carboxylic acids is 3. The average Bonchev–Trinajstić information content (AvgIpc) is 3.18. The Morgan fingerprint density at radius 1 is 1.18 bits per heavy atom. The van der Waals surface area contributed by atoms with Crippen molar-refractivity contribution in [1.82, 2.24) is 0 Å². The van der Waals surface area contributed by atoms with Gasteiger partial charge in [-0.05, 0) is 62.2 Å². The monoisotopic (exact) mass is 382 g/mol. The number of hydrogen-bond donors (Lipinski definition) is 1. The molecule has 4 rings (SSSR count). The van der Waals surface area contributed by atoms with Crippen LogP contribution in [-0.4, -0.2) is 36.4 Å². The molecule has 2 heterocycles. The molecular weight excluding hydrogens is 363 g/mol. The van der Waals surface area contributed by atoms with Gasteiger partial charge in [-0.2, -0.15) is 0 Å². The molecule has 0 unspecified atom stereocenters. The van der Waals surface area contributed by atoms with Crippen molar-refractivity contribution in [3.63, 3.8) is 0 Å². The van der Waals surface area contributed by atoms with Crippen molar-refractivity contribution < 1.29 is 23.5 Å². The van der Waals surface area contributed by atoms with Crippen LogP contribution in [0.5, 0.6) is 0 Å². The average molecular weight is 382 g/mol. The van der Waals surface area contributed by atoms with E-state index >= 15 is 0 Å². The lowest BCUT2D eigenvalue weighted by Crippen LogP contribution is -2.43. The molecule has 1 N–H and O–H groups in total. The van der Waals surface area contributed by atoms with Crippen LogP contribution in [-0.2, 0) is 9.53 Å². The Morgan fingerprint density at radius 2 is 1.89 bits per heavy atom. The standard InChI is InChI=1S/C21H19FN2O4/c1-12(19(25)13-4-7-15(22)8-5-13)28-21(27)14-6-9-17-16(11-14)23-20(26)18-3-2-10-24(17)18/h4-9,11-12,18H,2-3,10H2,1H3,(H,23,26)/t12-,18-/m1/s1. The highest BCUT2D eigenvalue weighted by Crippen LogP contribution is 2.37. The predicted octanol–water partition coefficient (Wildman–Crippen LogP) is 3.17. The van der Waals surface area contributed by atoms with Gasteiger partial charge < -0.3 is 15.0 Å². The molecule has 1 saturated heterocycles. The fourth-order valence-electron chi connectivity index (χ4n) is 3.69. The number of nitrogens with zero attached hydrogens (tertiary/aromatic N) is 1. The predicted molar refractivity (Wildman–Crippen MR) is 101 cm³/mol. The normalized spacial score (nSPS) is 18.7. The van der Waals surface area contributed by atoms with Crippen molar-refractivity contribution in [2.75, 3.05) is 16.8 Å². The summed E-state index contributed by atoms with van der Waals surface area (Å²) in [4.78, 5) is 39.1. The zero-order chi connectivity index (χ0) is 19.8. The van der Waals surface area contributed by atoms with Gasteiger partial charge in [0.2, 0.25) is 11.7 Å². The number of halogens is 1. The molecule has 2 aliphatic rings. The minimum Gasteiger partial charge on any atom is -0.451 e. The Bertz CT molecular complexity index is 957. The third kappa shape index (κ3) is 3.24. The SMILES string of the molecule is C[C@@H](OC(=O)c1ccc2c(c1)NC(=O)[C@H]1CCCN21)C(=O)c1ccc(F)cc1. The lowest BCUT2D eigenvalue weighted by atomic mass is 10.1. The zero-order valence-corrected chi connectivity index (χ0v) is 15.3. The maximum absolute atomic E-state index is 13.0. The number of carbonyl (C=O) groups is 3. The molecule has 0 spiro atoms. The van der Waals surface area contributed by atoms with Gasteiger partial charge in [0.25, 0.3) is 0 Å². The Hall–Kier alpha value is -3.22. The van der Waals surface area contributed by atoms with Crippen molar-refractivity contribution >= 4 is 29.0 Å². The van der Waals surface area contributed by atoms with Gasteiger partial charge in [-0.15, -0.1) is 0 Å². The first-order valence-electron chi connectivity index (χ1n) is 9.16. The second-order valence-corrected chi connectivity index (χ2v) is 6.99. The largest absolute Gasteiger partial charge is 0.451 e. The smallest absolute Gasteiger partial charge is 0.338 e. The van der Waals surface area contributed by atoms with Crippen molar-refractivity contribution in [3.8, 4) is 0 Å². The van der Waals surface area contributed by atoms with Crippen LogP contribution in [0.15, 0.2) is 42.5 Å². The van der Waals surface area contributed by atoms with E-state index < -0.39 is 23.7 Å². The number of esters is 1. The van der Waals surface area contributed by atoms with Crippen LogP contribution >= 0.6 is 0 Å². The molecule has 2 aliphatic heterocycles. The molecule has 28 heavy (non-hydrogen) atoms. The van der Waals surface area contributed by atoms with Gasteiger partial charge in [0.15, 0.2) is 6.10 Å². The minimum atomic E-state index is -1.02. The van der Waals surface area contributed by atoms with E-state index in [1.165, 1.54) is 31.2 Å². The Kier molecular flexibility index (Phi) is 4.58. The van der Waals surface area contributed by atoms with E-state index in [1.54, 1.807) is 18.2 Å². The number of rotatable bonds is 4. The fourth-order valence-corrected chi connectivity index (χ4v) is 3.69. The number of ether oxygens (including phenoxy) is 1. The molecule has 0 saturated carbocycles. The number of amides is 1. The van der Waals surface area contributed by atoms with Crippen LogP contribution in [0.3, 0.4) is 0 Å². The first-order chi connectivity index (χ1) is 13.4. The van der Waals surface area contributed by atoms with E-state index in [0.29, 0.717) is 5.69 Å². The molecule has 7 heteroatoms. The molecular formula is C21H19FN2O4. The second kappa shape index (κ2) is 7.07. The van der Waals surface area contributed by atoms with E-state index in [2.05, 4.69) is 5.32 Å². The van der Waals surface area contributed by atoms with Crippen molar-refractivity contribution in [3.05, 3.63) is 59.4 Å². The molecule has 2 aromatic carbocycles. The second-order valence-electron chi connectivity index (χ2n) is 6.99. The Labute approximate surface area is 161 Å². The summed E-state index contributed by atoms with van der Waals surface area (Å²) in [6.07, 6.45) is 0.745. The summed E-state index contributed by atoms with van der Waals surface area (Å²) < 4.78 is 18.3. The van der Waals surface area contributed by atoms with Crippen LogP contribution in [0.1, 0.15) is 40.5 Å². The molecule has 0 aliphatic carbocycles. The number of hydrogen-bond acceptors (Lipinski definition) is 5. The number of Topliss-reactive ketones (excluding diaryl/α,β-unsaturated/α-hetero) is 1. The van der Waals surface area contributed by atoms with E-state index in [4.69, 9.17) is 4.74 Å². The highest BCUT2D eigenvalue weighted by molar-refractivity contribution is 6.06. The van der Waals surface area contributed by atoms with Gasteiger partial charge in [0.05, 0.1) is 16.9 Å². The van der Waals surface area contributed by atoms with Crippen LogP contribution in [0.25, 0.3) is 0 Å². The molecule has 0 aromatic heterocycles. The van der Waals surface area contributed by atoms with E-state index in [1.807, 2.05) is 4.90 Å². The van der Waals surface area contributed by atoms with Gasteiger partial charge in [-0.1, -0.05) is 0 Å². The molecule has 0 radical (unpaired) electrons. The Balaban J connectivity index is 1.49. The fraction of sp³-hybridized carbons (Fsp3) is 0.286. The topological polar surface area (TPSA) is 75.7 Å². The summed E-state index contributed by atoms with van der Waals surface area (Å²) in [5, 5.41) is 2.84. The van der Waals surface area contributed by atoms with E-state index in [0.717, 1.165) is 25.1 Å².